The number of methoxy groups -OCH3 is 2. The first kappa shape index (κ1) is 25.3. The van der Waals surface area contributed by atoms with Gasteiger partial charge in [-0.05, 0) is 36.8 Å². The minimum Gasteiger partial charge on any atom is -0.493 e. The van der Waals surface area contributed by atoms with Crippen LogP contribution < -0.4 is 20.9 Å². The fraction of sp³-hybridized carbons (Fsp3) is 0.333. The lowest BCUT2D eigenvalue weighted by molar-refractivity contribution is 0.0303. The molecule has 0 bridgehead atoms. The van der Waals surface area contributed by atoms with E-state index in [1.165, 1.54) is 18.8 Å². The van der Waals surface area contributed by atoms with Crippen LogP contribution in [0.25, 0.3) is 21.8 Å². The highest BCUT2D eigenvalue weighted by molar-refractivity contribution is 6.02. The Morgan fingerprint density at radius 2 is 1.82 bits per heavy atom. The van der Waals surface area contributed by atoms with Gasteiger partial charge < -0.3 is 29.8 Å². The number of H-pyrrole nitrogens is 1. The topological polar surface area (TPSA) is 142 Å². The number of carbonyl (C=O) groups excluding carboxylic acids is 2. The Balaban J connectivity index is 1.29. The summed E-state index contributed by atoms with van der Waals surface area (Å²) in [5.74, 6) is 1.02. The van der Waals surface area contributed by atoms with Crippen LogP contribution in [0.1, 0.15) is 33.7 Å². The molecule has 3 heterocycles. The van der Waals surface area contributed by atoms with Crippen LogP contribution in [0.4, 0.5) is 5.82 Å². The molecule has 0 unspecified atom stereocenters. The number of rotatable bonds is 8. The molecule has 38 heavy (non-hydrogen) atoms. The number of anilines is 1. The molecule has 0 radical (unpaired) electrons. The van der Waals surface area contributed by atoms with Gasteiger partial charge in [0.1, 0.15) is 5.82 Å². The van der Waals surface area contributed by atoms with E-state index in [4.69, 9.17) is 19.9 Å². The van der Waals surface area contributed by atoms with Gasteiger partial charge in [0.2, 0.25) is 0 Å². The fourth-order valence-corrected chi connectivity index (χ4v) is 4.69. The summed E-state index contributed by atoms with van der Waals surface area (Å²) < 4.78 is 17.3. The minimum absolute atomic E-state index is 0.0487. The zero-order valence-corrected chi connectivity index (χ0v) is 21.3. The number of Topliss-reactive ketones (excluding diaryl/α,β-unsaturated/α-hetero) is 1. The van der Waals surface area contributed by atoms with Crippen molar-refractivity contribution in [3.63, 3.8) is 0 Å². The zero-order valence-electron chi connectivity index (χ0n) is 21.3. The molecule has 0 aliphatic carbocycles. The number of ketones is 1. The second kappa shape index (κ2) is 10.5. The third-order valence-corrected chi connectivity index (χ3v) is 6.77. The summed E-state index contributed by atoms with van der Waals surface area (Å²) >= 11 is 0. The molecule has 198 valence electrons. The smallest absolute Gasteiger partial charge is 0.349 e. The van der Waals surface area contributed by atoms with Crippen molar-refractivity contribution in [1.82, 2.24) is 19.4 Å². The van der Waals surface area contributed by atoms with Crippen molar-refractivity contribution in [3.05, 3.63) is 58.1 Å². The third-order valence-electron chi connectivity index (χ3n) is 6.77. The van der Waals surface area contributed by atoms with Crippen molar-refractivity contribution >= 4 is 39.3 Å². The SMILES string of the molecule is COc1cc2nc(=O)n(CCCC(=O)c3cc4cc(C(=O)N5CCOCC5)ccc4[nH]3)c(N)c2cc1OC. The van der Waals surface area contributed by atoms with Crippen LogP contribution in [0.3, 0.4) is 0 Å². The molecule has 1 aliphatic rings. The number of fused-ring (bicyclic) bond motifs is 2. The highest BCUT2D eigenvalue weighted by atomic mass is 16.5. The van der Waals surface area contributed by atoms with Crippen LogP contribution in [0.15, 0.2) is 41.2 Å². The Labute approximate surface area is 218 Å². The summed E-state index contributed by atoms with van der Waals surface area (Å²) in [6.45, 7) is 2.43. The summed E-state index contributed by atoms with van der Waals surface area (Å²) in [5.41, 5.74) is 8.00. The molecule has 1 fully saturated rings. The number of benzene rings is 2. The molecule has 4 aromatic rings. The highest BCUT2D eigenvalue weighted by Gasteiger charge is 2.20. The predicted octanol–water partition coefficient (Wildman–Crippen LogP) is 2.61. The van der Waals surface area contributed by atoms with Crippen molar-refractivity contribution in [2.45, 2.75) is 19.4 Å². The van der Waals surface area contributed by atoms with Gasteiger partial charge in [-0.2, -0.15) is 4.98 Å². The van der Waals surface area contributed by atoms with Gasteiger partial charge in [-0.15, -0.1) is 0 Å². The Morgan fingerprint density at radius 1 is 1.08 bits per heavy atom. The summed E-state index contributed by atoms with van der Waals surface area (Å²) in [7, 11) is 3.02. The predicted molar refractivity (Wildman–Crippen MR) is 142 cm³/mol. The first-order valence-electron chi connectivity index (χ1n) is 12.3. The number of nitrogens with one attached hydrogen (secondary N) is 1. The number of ether oxygens (including phenoxy) is 3. The molecule has 3 N–H and O–H groups in total. The lowest BCUT2D eigenvalue weighted by Gasteiger charge is -2.26. The molecule has 0 atom stereocenters. The molecule has 2 aromatic heterocycles. The molecule has 1 amide bonds. The van der Waals surface area contributed by atoms with Crippen LogP contribution >= 0.6 is 0 Å². The molecule has 2 aromatic carbocycles. The van der Waals surface area contributed by atoms with Crippen molar-refractivity contribution in [3.8, 4) is 11.5 Å². The Bertz CT molecular complexity index is 1580. The van der Waals surface area contributed by atoms with E-state index < -0.39 is 5.69 Å². The summed E-state index contributed by atoms with van der Waals surface area (Å²) in [6.07, 6.45) is 0.585. The standard InChI is InChI=1S/C27H29N5O6/c1-36-23-14-18-20(15-24(23)37-2)30-27(35)32(25(18)28)7-3-4-22(33)21-13-17-12-16(5-6-19(17)29-21)26(34)31-8-10-38-11-9-31/h5-6,12-15,29H,3-4,7-11,28H2,1-2H3. The maximum absolute atomic E-state index is 12.9. The summed E-state index contributed by atoms with van der Waals surface area (Å²) in [4.78, 5) is 47.4. The van der Waals surface area contributed by atoms with Gasteiger partial charge in [-0.25, -0.2) is 4.79 Å². The van der Waals surface area contributed by atoms with E-state index in [9.17, 15) is 14.4 Å². The third kappa shape index (κ3) is 4.80. The number of morpholine rings is 1. The van der Waals surface area contributed by atoms with Gasteiger partial charge in [-0.1, -0.05) is 0 Å². The maximum Gasteiger partial charge on any atom is 0.349 e. The molecular formula is C27H29N5O6. The van der Waals surface area contributed by atoms with Gasteiger partial charge in [0.15, 0.2) is 17.3 Å². The van der Waals surface area contributed by atoms with E-state index in [2.05, 4.69) is 9.97 Å². The number of carbonyl (C=O) groups is 2. The normalized spacial score (nSPS) is 13.7. The molecule has 1 aliphatic heterocycles. The van der Waals surface area contributed by atoms with E-state index in [1.54, 1.807) is 35.2 Å². The van der Waals surface area contributed by atoms with E-state index in [0.29, 0.717) is 66.4 Å². The number of hydrogen-bond acceptors (Lipinski definition) is 8. The Kier molecular flexibility index (Phi) is 7.01. The van der Waals surface area contributed by atoms with Gasteiger partial charge in [0, 0.05) is 54.0 Å². The quantitative estimate of drug-likeness (QED) is 0.338. The molecule has 5 rings (SSSR count). The maximum atomic E-state index is 12.9. The van der Waals surface area contributed by atoms with E-state index in [1.807, 2.05) is 6.07 Å². The van der Waals surface area contributed by atoms with Crippen molar-refractivity contribution in [2.24, 2.45) is 0 Å². The fourth-order valence-electron chi connectivity index (χ4n) is 4.69. The van der Waals surface area contributed by atoms with Crippen LogP contribution in [0.5, 0.6) is 11.5 Å². The lowest BCUT2D eigenvalue weighted by atomic mass is 10.1. The highest BCUT2D eigenvalue weighted by Crippen LogP contribution is 2.33. The minimum atomic E-state index is -0.502. The van der Waals surface area contributed by atoms with E-state index in [-0.39, 0.29) is 30.5 Å². The molecule has 11 nitrogen and oxygen atoms in total. The van der Waals surface area contributed by atoms with E-state index >= 15 is 0 Å². The number of aromatic nitrogens is 3. The largest absolute Gasteiger partial charge is 0.493 e. The lowest BCUT2D eigenvalue weighted by Crippen LogP contribution is -2.40. The summed E-state index contributed by atoms with van der Waals surface area (Å²) in [6, 6.07) is 10.4. The molecular weight excluding hydrogens is 490 g/mol. The van der Waals surface area contributed by atoms with Crippen molar-refractivity contribution in [1.29, 1.82) is 0 Å². The summed E-state index contributed by atoms with van der Waals surface area (Å²) in [5, 5.41) is 1.35. The average molecular weight is 520 g/mol. The van der Waals surface area contributed by atoms with Crippen LogP contribution in [0.2, 0.25) is 0 Å². The molecule has 11 heteroatoms. The first-order chi connectivity index (χ1) is 18.4. The molecule has 0 saturated carbocycles. The van der Waals surface area contributed by atoms with Gasteiger partial charge in [0.25, 0.3) is 5.91 Å². The zero-order chi connectivity index (χ0) is 26.8. The van der Waals surface area contributed by atoms with Crippen LogP contribution in [0, 0.1) is 0 Å². The van der Waals surface area contributed by atoms with Gasteiger partial charge >= 0.3 is 5.69 Å². The van der Waals surface area contributed by atoms with E-state index in [0.717, 1.165) is 10.9 Å². The van der Waals surface area contributed by atoms with Gasteiger partial charge in [-0.3, -0.25) is 14.2 Å². The number of hydrogen-bond donors (Lipinski definition) is 2. The average Bonchev–Trinajstić information content (AvgIpc) is 3.38. The number of aromatic amines is 1. The second-order valence-corrected chi connectivity index (χ2v) is 9.07. The second-order valence-electron chi connectivity index (χ2n) is 9.07. The van der Waals surface area contributed by atoms with Crippen molar-refractivity contribution in [2.75, 3.05) is 46.3 Å². The van der Waals surface area contributed by atoms with Crippen molar-refractivity contribution < 1.29 is 23.8 Å². The number of nitrogens with zero attached hydrogens (tertiary/aromatic N) is 3. The Hall–Kier alpha value is -4.38. The Morgan fingerprint density at radius 3 is 2.55 bits per heavy atom. The van der Waals surface area contributed by atoms with Crippen LogP contribution in [-0.4, -0.2) is 71.6 Å². The number of amides is 1. The molecule has 0 spiro atoms. The molecule has 1 saturated heterocycles. The monoisotopic (exact) mass is 519 g/mol. The van der Waals surface area contributed by atoms with Crippen LogP contribution in [-0.2, 0) is 11.3 Å². The number of nitrogens with two attached hydrogens (primary N) is 1. The van der Waals surface area contributed by atoms with Gasteiger partial charge in [0.05, 0.1) is 38.6 Å². The number of nitrogen functional groups attached to an aromatic ring is 1. The first-order valence-corrected chi connectivity index (χ1v) is 12.3.